The maximum Gasteiger partial charge on any atom is 0.257 e. The van der Waals surface area contributed by atoms with Gasteiger partial charge in [0.2, 0.25) is 0 Å². The van der Waals surface area contributed by atoms with Gasteiger partial charge < -0.3 is 4.74 Å². The molecule has 0 fully saturated rings. The molecule has 140 valence electrons. The Morgan fingerprint density at radius 1 is 1.07 bits per heavy atom. The Labute approximate surface area is 161 Å². The zero-order valence-corrected chi connectivity index (χ0v) is 16.6. The van der Waals surface area contributed by atoms with Gasteiger partial charge in [0.25, 0.3) is 5.91 Å². The molecule has 0 spiro atoms. The molecule has 1 aromatic heterocycles. The molecule has 8 heteroatoms. The normalized spacial score (nSPS) is 11.2. The van der Waals surface area contributed by atoms with Crippen molar-refractivity contribution in [1.82, 2.24) is 4.98 Å². The van der Waals surface area contributed by atoms with Gasteiger partial charge in [-0.2, -0.15) is 0 Å². The molecule has 0 unspecified atom stereocenters. The number of rotatable bonds is 5. The fourth-order valence-electron chi connectivity index (χ4n) is 2.49. The van der Waals surface area contributed by atoms with Crippen molar-refractivity contribution in [2.24, 2.45) is 0 Å². The Kier molecular flexibility index (Phi) is 5.29. The number of hydrogen-bond donors (Lipinski definition) is 1. The van der Waals surface area contributed by atoms with Gasteiger partial charge in [-0.3, -0.25) is 10.1 Å². The van der Waals surface area contributed by atoms with Crippen LogP contribution in [0.3, 0.4) is 0 Å². The van der Waals surface area contributed by atoms with Crippen LogP contribution in [0.5, 0.6) is 5.75 Å². The van der Waals surface area contributed by atoms with Crippen LogP contribution in [0.25, 0.3) is 11.3 Å². The van der Waals surface area contributed by atoms with Gasteiger partial charge in [-0.05, 0) is 55.5 Å². The lowest BCUT2D eigenvalue weighted by Gasteiger charge is -2.03. The molecule has 27 heavy (non-hydrogen) atoms. The summed E-state index contributed by atoms with van der Waals surface area (Å²) >= 11 is 1.38. The summed E-state index contributed by atoms with van der Waals surface area (Å²) in [6.07, 6.45) is 1.13. The number of carbonyl (C=O) groups is 1. The Morgan fingerprint density at radius 3 is 2.26 bits per heavy atom. The number of ether oxygens (including phenoxy) is 1. The molecule has 1 amide bonds. The standard InChI is InChI=1S/C19H18N2O4S2/c1-12-17(13-4-8-15(25-2)9-5-13)20-19(26-12)21-18(22)14-6-10-16(11-7-14)27(3,23)24/h4-11H,1-3H3,(H,20,21,22). The van der Waals surface area contributed by atoms with Crippen LogP contribution in [0, 0.1) is 6.92 Å². The molecule has 6 nitrogen and oxygen atoms in total. The molecule has 0 saturated heterocycles. The van der Waals surface area contributed by atoms with Gasteiger partial charge in [0.15, 0.2) is 15.0 Å². The van der Waals surface area contributed by atoms with Gasteiger partial charge in [-0.1, -0.05) is 0 Å². The van der Waals surface area contributed by atoms with Crippen molar-refractivity contribution in [2.45, 2.75) is 11.8 Å². The number of sulfone groups is 1. The van der Waals surface area contributed by atoms with Crippen molar-refractivity contribution in [1.29, 1.82) is 0 Å². The molecule has 0 aliphatic carbocycles. The Bertz CT molecular complexity index is 1070. The molecule has 2 aromatic carbocycles. The van der Waals surface area contributed by atoms with Gasteiger partial charge >= 0.3 is 0 Å². The third-order valence-electron chi connectivity index (χ3n) is 3.93. The Hall–Kier alpha value is -2.71. The third-order valence-corrected chi connectivity index (χ3v) is 5.94. The third kappa shape index (κ3) is 4.35. The van der Waals surface area contributed by atoms with Crippen molar-refractivity contribution >= 4 is 32.2 Å². The average molecular weight is 402 g/mol. The second-order valence-electron chi connectivity index (χ2n) is 5.90. The second-order valence-corrected chi connectivity index (χ2v) is 9.12. The smallest absolute Gasteiger partial charge is 0.257 e. The van der Waals surface area contributed by atoms with E-state index < -0.39 is 9.84 Å². The quantitative estimate of drug-likeness (QED) is 0.702. The molecule has 1 heterocycles. The predicted octanol–water partition coefficient (Wildman–Crippen LogP) is 3.78. The molecule has 0 radical (unpaired) electrons. The minimum atomic E-state index is -3.29. The molecular weight excluding hydrogens is 384 g/mol. The highest BCUT2D eigenvalue weighted by Gasteiger charge is 2.14. The highest BCUT2D eigenvalue weighted by molar-refractivity contribution is 7.90. The molecule has 0 aliphatic rings. The molecule has 3 rings (SSSR count). The first-order chi connectivity index (χ1) is 12.8. The summed E-state index contributed by atoms with van der Waals surface area (Å²) in [4.78, 5) is 18.1. The molecule has 0 bridgehead atoms. The predicted molar refractivity (Wildman–Crippen MR) is 106 cm³/mol. The van der Waals surface area contributed by atoms with E-state index in [-0.39, 0.29) is 10.8 Å². The summed E-state index contributed by atoms with van der Waals surface area (Å²) in [7, 11) is -1.68. The van der Waals surface area contributed by atoms with Crippen LogP contribution in [0.2, 0.25) is 0 Å². The molecule has 3 aromatic rings. The monoisotopic (exact) mass is 402 g/mol. The van der Waals surface area contributed by atoms with E-state index in [2.05, 4.69) is 10.3 Å². The van der Waals surface area contributed by atoms with Crippen LogP contribution in [0.15, 0.2) is 53.4 Å². The van der Waals surface area contributed by atoms with E-state index in [0.717, 1.165) is 28.1 Å². The number of benzene rings is 2. The summed E-state index contributed by atoms with van der Waals surface area (Å²) in [6, 6.07) is 13.3. The van der Waals surface area contributed by atoms with Gasteiger partial charge in [0.05, 0.1) is 17.7 Å². The van der Waals surface area contributed by atoms with Crippen LogP contribution in [-0.2, 0) is 9.84 Å². The lowest BCUT2D eigenvalue weighted by Crippen LogP contribution is -2.11. The van der Waals surface area contributed by atoms with Crippen LogP contribution in [0.1, 0.15) is 15.2 Å². The van der Waals surface area contributed by atoms with Crippen LogP contribution < -0.4 is 10.1 Å². The van der Waals surface area contributed by atoms with Gasteiger partial charge in [-0.25, -0.2) is 13.4 Å². The minimum absolute atomic E-state index is 0.172. The highest BCUT2D eigenvalue weighted by atomic mass is 32.2. The lowest BCUT2D eigenvalue weighted by atomic mass is 10.1. The maximum absolute atomic E-state index is 12.4. The fourth-order valence-corrected chi connectivity index (χ4v) is 3.95. The van der Waals surface area contributed by atoms with Crippen LogP contribution in [0.4, 0.5) is 5.13 Å². The number of aryl methyl sites for hydroxylation is 1. The number of methoxy groups -OCH3 is 1. The average Bonchev–Trinajstić information content (AvgIpc) is 3.01. The van der Waals surface area contributed by atoms with Crippen molar-refractivity contribution < 1.29 is 17.9 Å². The Balaban J connectivity index is 1.78. The van der Waals surface area contributed by atoms with E-state index in [0.29, 0.717) is 10.7 Å². The van der Waals surface area contributed by atoms with Crippen molar-refractivity contribution in [3.8, 4) is 17.0 Å². The van der Waals surface area contributed by atoms with Crippen molar-refractivity contribution in [3.63, 3.8) is 0 Å². The van der Waals surface area contributed by atoms with Crippen LogP contribution >= 0.6 is 11.3 Å². The van der Waals surface area contributed by atoms with Crippen molar-refractivity contribution in [2.75, 3.05) is 18.7 Å². The number of carbonyl (C=O) groups excluding carboxylic acids is 1. The second kappa shape index (κ2) is 7.50. The van der Waals surface area contributed by atoms with E-state index in [1.807, 2.05) is 31.2 Å². The van der Waals surface area contributed by atoms with E-state index in [9.17, 15) is 13.2 Å². The zero-order chi connectivity index (χ0) is 19.6. The number of nitrogens with one attached hydrogen (secondary N) is 1. The number of anilines is 1. The molecule has 0 atom stereocenters. The van der Waals surface area contributed by atoms with Gasteiger partial charge in [0, 0.05) is 22.3 Å². The summed E-state index contributed by atoms with van der Waals surface area (Å²) in [5, 5.41) is 3.25. The number of hydrogen-bond acceptors (Lipinski definition) is 6. The summed E-state index contributed by atoms with van der Waals surface area (Å²) in [5.41, 5.74) is 2.09. The topological polar surface area (TPSA) is 85.4 Å². The maximum atomic E-state index is 12.4. The number of nitrogens with zero attached hydrogens (tertiary/aromatic N) is 1. The van der Waals surface area contributed by atoms with Crippen molar-refractivity contribution in [3.05, 3.63) is 59.0 Å². The zero-order valence-electron chi connectivity index (χ0n) is 15.0. The van der Waals surface area contributed by atoms with Gasteiger partial charge in [-0.15, -0.1) is 11.3 Å². The Morgan fingerprint density at radius 2 is 1.70 bits per heavy atom. The van der Waals surface area contributed by atoms with E-state index >= 15 is 0 Å². The molecule has 0 saturated carbocycles. The largest absolute Gasteiger partial charge is 0.497 e. The summed E-state index contributed by atoms with van der Waals surface area (Å²) in [5.74, 6) is 0.419. The SMILES string of the molecule is COc1ccc(-c2nc(NC(=O)c3ccc(S(C)(=O)=O)cc3)sc2C)cc1. The van der Waals surface area contributed by atoms with E-state index in [4.69, 9.17) is 4.74 Å². The summed E-state index contributed by atoms with van der Waals surface area (Å²) in [6.45, 7) is 1.94. The molecular formula is C19H18N2O4S2. The highest BCUT2D eigenvalue weighted by Crippen LogP contribution is 2.31. The number of amides is 1. The summed E-state index contributed by atoms with van der Waals surface area (Å²) < 4.78 is 28.2. The van der Waals surface area contributed by atoms with Crippen LogP contribution in [-0.4, -0.2) is 32.7 Å². The first-order valence-corrected chi connectivity index (χ1v) is 10.7. The minimum Gasteiger partial charge on any atom is -0.497 e. The first kappa shape index (κ1) is 19.1. The van der Waals surface area contributed by atoms with E-state index in [1.54, 1.807) is 7.11 Å². The molecule has 0 aliphatic heterocycles. The molecule has 1 N–H and O–H groups in total. The fraction of sp³-hybridized carbons (Fsp3) is 0.158. The van der Waals surface area contributed by atoms with E-state index in [1.165, 1.54) is 35.6 Å². The van der Waals surface area contributed by atoms with Gasteiger partial charge in [0.1, 0.15) is 5.75 Å². The lowest BCUT2D eigenvalue weighted by molar-refractivity contribution is 0.102. The first-order valence-electron chi connectivity index (χ1n) is 8.01. The number of thiazole rings is 1. The number of aromatic nitrogens is 1.